The van der Waals surface area contributed by atoms with Crippen LogP contribution in [0.4, 0.5) is 11.4 Å². The number of fused-ring (bicyclic) bond motifs is 1. The molecule has 5 heteroatoms. The number of ketones is 1. The summed E-state index contributed by atoms with van der Waals surface area (Å²) >= 11 is 0. The molecule has 1 fully saturated rings. The lowest BCUT2D eigenvalue weighted by Crippen LogP contribution is -2.32. The third kappa shape index (κ3) is 3.58. The molecule has 1 aromatic heterocycles. The number of aromatic amines is 1. The summed E-state index contributed by atoms with van der Waals surface area (Å²) in [6.07, 6.45) is 4.00. The predicted octanol–water partition coefficient (Wildman–Crippen LogP) is 4.23. The van der Waals surface area contributed by atoms with Crippen molar-refractivity contribution in [2.75, 3.05) is 23.3 Å². The maximum atomic E-state index is 12.5. The first-order chi connectivity index (χ1) is 13.1. The van der Waals surface area contributed by atoms with Gasteiger partial charge in [0.2, 0.25) is 0 Å². The summed E-state index contributed by atoms with van der Waals surface area (Å²) in [6, 6.07) is 15.2. The van der Waals surface area contributed by atoms with E-state index in [4.69, 9.17) is 0 Å². The van der Waals surface area contributed by atoms with Crippen molar-refractivity contribution in [3.05, 3.63) is 60.3 Å². The molecule has 27 heavy (non-hydrogen) atoms. The van der Waals surface area contributed by atoms with Crippen LogP contribution in [-0.2, 0) is 4.79 Å². The number of anilines is 2. The number of rotatable bonds is 4. The summed E-state index contributed by atoms with van der Waals surface area (Å²) in [6.45, 7) is 4.42. The van der Waals surface area contributed by atoms with Gasteiger partial charge in [-0.15, -0.1) is 0 Å². The van der Waals surface area contributed by atoms with Gasteiger partial charge in [0.15, 0.2) is 0 Å². The summed E-state index contributed by atoms with van der Waals surface area (Å²) in [7, 11) is 0. The maximum Gasteiger partial charge on any atom is 0.296 e. The van der Waals surface area contributed by atoms with E-state index >= 15 is 0 Å². The summed E-state index contributed by atoms with van der Waals surface area (Å²) < 4.78 is 0. The van der Waals surface area contributed by atoms with Gasteiger partial charge in [-0.2, -0.15) is 0 Å². The Morgan fingerprint density at radius 2 is 1.74 bits per heavy atom. The van der Waals surface area contributed by atoms with Crippen molar-refractivity contribution in [1.29, 1.82) is 0 Å². The molecule has 4 rings (SSSR count). The number of amides is 1. The number of hydrogen-bond donors (Lipinski definition) is 2. The average molecular weight is 361 g/mol. The van der Waals surface area contributed by atoms with Crippen molar-refractivity contribution in [2.24, 2.45) is 5.92 Å². The zero-order valence-corrected chi connectivity index (χ0v) is 15.4. The third-order valence-electron chi connectivity index (χ3n) is 5.31. The molecule has 1 saturated heterocycles. The molecular formula is C22H23N3O2. The number of Topliss-reactive ketones (excluding diaryl/α,β-unsaturated/α-hetero) is 1. The Morgan fingerprint density at radius 3 is 2.48 bits per heavy atom. The Bertz CT molecular complexity index is 967. The Hall–Kier alpha value is -3.08. The fourth-order valence-corrected chi connectivity index (χ4v) is 3.59. The molecule has 2 aromatic carbocycles. The largest absolute Gasteiger partial charge is 0.372 e. The Labute approximate surface area is 158 Å². The summed E-state index contributed by atoms with van der Waals surface area (Å²) in [5, 5.41) is 3.47. The van der Waals surface area contributed by atoms with Crippen LogP contribution in [0.2, 0.25) is 0 Å². The van der Waals surface area contributed by atoms with Crippen molar-refractivity contribution in [1.82, 2.24) is 4.98 Å². The highest BCUT2D eigenvalue weighted by atomic mass is 16.2. The Kier molecular flexibility index (Phi) is 4.67. The molecule has 0 aliphatic carbocycles. The number of piperidine rings is 1. The van der Waals surface area contributed by atoms with E-state index in [0.29, 0.717) is 11.3 Å². The van der Waals surface area contributed by atoms with Gasteiger partial charge in [-0.1, -0.05) is 25.1 Å². The number of carbonyl (C=O) groups excluding carboxylic acids is 2. The SMILES string of the molecule is CC1CCN(c2ccc(NC(=O)C(=O)c3c[nH]c4ccccc34)cc2)CC1. The predicted molar refractivity (Wildman–Crippen MR) is 108 cm³/mol. The van der Waals surface area contributed by atoms with Crippen LogP contribution in [0.5, 0.6) is 0 Å². The molecule has 1 amide bonds. The molecule has 5 nitrogen and oxygen atoms in total. The van der Waals surface area contributed by atoms with E-state index in [-0.39, 0.29) is 0 Å². The molecule has 2 heterocycles. The van der Waals surface area contributed by atoms with Crippen LogP contribution in [0.15, 0.2) is 54.7 Å². The minimum atomic E-state index is -0.626. The number of aromatic nitrogens is 1. The van der Waals surface area contributed by atoms with Gasteiger partial charge < -0.3 is 15.2 Å². The zero-order chi connectivity index (χ0) is 18.8. The van der Waals surface area contributed by atoms with Crippen molar-refractivity contribution in [3.8, 4) is 0 Å². The first-order valence-electron chi connectivity index (χ1n) is 9.38. The van der Waals surface area contributed by atoms with Crippen LogP contribution >= 0.6 is 0 Å². The molecule has 138 valence electrons. The molecule has 0 radical (unpaired) electrons. The number of benzene rings is 2. The topological polar surface area (TPSA) is 65.2 Å². The van der Waals surface area contributed by atoms with Gasteiger partial charge in [-0.25, -0.2) is 0 Å². The van der Waals surface area contributed by atoms with Crippen LogP contribution in [0.1, 0.15) is 30.1 Å². The molecule has 0 bridgehead atoms. The van der Waals surface area contributed by atoms with Crippen LogP contribution in [0, 0.1) is 5.92 Å². The number of para-hydroxylation sites is 1. The normalized spacial score (nSPS) is 15.1. The Morgan fingerprint density at radius 1 is 1.04 bits per heavy atom. The lowest BCUT2D eigenvalue weighted by Gasteiger charge is -2.32. The van der Waals surface area contributed by atoms with Gasteiger partial charge in [0.25, 0.3) is 11.7 Å². The maximum absolute atomic E-state index is 12.5. The number of hydrogen-bond acceptors (Lipinski definition) is 3. The van der Waals surface area contributed by atoms with E-state index in [1.807, 2.05) is 48.5 Å². The molecule has 3 aromatic rings. The van der Waals surface area contributed by atoms with Crippen molar-refractivity contribution in [2.45, 2.75) is 19.8 Å². The van der Waals surface area contributed by atoms with Crippen molar-refractivity contribution in [3.63, 3.8) is 0 Å². The molecule has 1 aliphatic rings. The van der Waals surface area contributed by atoms with Crippen LogP contribution in [0.3, 0.4) is 0 Å². The van der Waals surface area contributed by atoms with Crippen LogP contribution in [-0.4, -0.2) is 29.8 Å². The first-order valence-corrected chi connectivity index (χ1v) is 9.38. The van der Waals surface area contributed by atoms with E-state index in [1.165, 1.54) is 12.8 Å². The first kappa shape index (κ1) is 17.3. The van der Waals surface area contributed by atoms with Gasteiger partial charge in [-0.05, 0) is 49.1 Å². The molecule has 0 unspecified atom stereocenters. The number of carbonyl (C=O) groups is 2. The van der Waals surface area contributed by atoms with E-state index in [9.17, 15) is 9.59 Å². The van der Waals surface area contributed by atoms with Gasteiger partial charge in [0.05, 0.1) is 5.56 Å². The molecule has 0 atom stereocenters. The quantitative estimate of drug-likeness (QED) is 0.540. The number of nitrogens with one attached hydrogen (secondary N) is 2. The second-order valence-corrected chi connectivity index (χ2v) is 7.25. The van der Waals surface area contributed by atoms with Crippen molar-refractivity contribution >= 4 is 34.0 Å². The fourth-order valence-electron chi connectivity index (χ4n) is 3.59. The van der Waals surface area contributed by atoms with Gasteiger partial charge in [0, 0.05) is 41.6 Å². The molecule has 2 N–H and O–H groups in total. The average Bonchev–Trinajstić information content (AvgIpc) is 3.13. The van der Waals surface area contributed by atoms with Crippen LogP contribution in [0.25, 0.3) is 10.9 Å². The third-order valence-corrected chi connectivity index (χ3v) is 5.31. The van der Waals surface area contributed by atoms with E-state index in [0.717, 1.165) is 35.6 Å². The Balaban J connectivity index is 1.44. The van der Waals surface area contributed by atoms with Gasteiger partial charge in [0.1, 0.15) is 0 Å². The fraction of sp³-hybridized carbons (Fsp3) is 0.273. The lowest BCUT2D eigenvalue weighted by atomic mass is 9.99. The minimum absolute atomic E-state index is 0.391. The van der Waals surface area contributed by atoms with Gasteiger partial charge in [-0.3, -0.25) is 9.59 Å². The highest BCUT2D eigenvalue weighted by Crippen LogP contribution is 2.24. The lowest BCUT2D eigenvalue weighted by molar-refractivity contribution is -0.112. The van der Waals surface area contributed by atoms with E-state index in [2.05, 4.69) is 22.1 Å². The van der Waals surface area contributed by atoms with Gasteiger partial charge >= 0.3 is 0 Å². The van der Waals surface area contributed by atoms with E-state index < -0.39 is 11.7 Å². The van der Waals surface area contributed by atoms with E-state index in [1.54, 1.807) is 6.20 Å². The molecule has 0 saturated carbocycles. The van der Waals surface area contributed by atoms with Crippen molar-refractivity contribution < 1.29 is 9.59 Å². The highest BCUT2D eigenvalue weighted by Gasteiger charge is 2.20. The summed E-state index contributed by atoms with van der Waals surface area (Å²) in [5.41, 5.74) is 3.01. The molecule has 1 aliphatic heterocycles. The second-order valence-electron chi connectivity index (χ2n) is 7.25. The summed E-state index contributed by atoms with van der Waals surface area (Å²) in [4.78, 5) is 30.3. The zero-order valence-electron chi connectivity index (χ0n) is 15.4. The molecular weight excluding hydrogens is 338 g/mol. The number of H-pyrrole nitrogens is 1. The van der Waals surface area contributed by atoms with Crippen LogP contribution < -0.4 is 10.2 Å². The molecule has 0 spiro atoms. The monoisotopic (exact) mass is 361 g/mol. The minimum Gasteiger partial charge on any atom is -0.372 e. The standard InChI is InChI=1S/C22H23N3O2/c1-15-10-12-25(13-11-15)17-8-6-16(7-9-17)24-22(27)21(26)19-14-23-20-5-3-2-4-18(19)20/h2-9,14-15,23H,10-13H2,1H3,(H,24,27). The highest BCUT2D eigenvalue weighted by molar-refractivity contribution is 6.48. The summed E-state index contributed by atoms with van der Waals surface area (Å²) in [5.74, 6) is -0.379. The smallest absolute Gasteiger partial charge is 0.296 e. The number of nitrogens with zero attached hydrogens (tertiary/aromatic N) is 1. The second kappa shape index (κ2) is 7.27.